The van der Waals surface area contributed by atoms with Gasteiger partial charge in [0.15, 0.2) is 0 Å². The van der Waals surface area contributed by atoms with Crippen LogP contribution in [0.1, 0.15) is 5.56 Å². The maximum absolute atomic E-state index is 12.4. The lowest BCUT2D eigenvalue weighted by Gasteiger charge is -2.12. The van der Waals surface area contributed by atoms with Crippen LogP contribution in [0.15, 0.2) is 66.2 Å². The van der Waals surface area contributed by atoms with E-state index in [-0.39, 0.29) is 5.56 Å². The highest BCUT2D eigenvalue weighted by Crippen LogP contribution is 2.24. The second-order valence-corrected chi connectivity index (χ2v) is 6.19. The zero-order valence-electron chi connectivity index (χ0n) is 16.0. The van der Waals surface area contributed by atoms with Crippen LogP contribution >= 0.6 is 0 Å². The Morgan fingerprint density at radius 3 is 2.82 bits per heavy atom. The number of fused-ring (bicyclic) bond motifs is 1. The predicted molar refractivity (Wildman–Crippen MR) is 109 cm³/mol. The molecular weight excluding hydrogens is 356 g/mol. The highest BCUT2D eigenvalue weighted by Gasteiger charge is 2.05. The topological polar surface area (TPSA) is 62.6 Å². The normalized spacial score (nSPS) is 10.8. The predicted octanol–water partition coefficient (Wildman–Crippen LogP) is 3.23. The highest BCUT2D eigenvalue weighted by molar-refractivity contribution is 5.76. The van der Waals surface area contributed by atoms with E-state index in [0.717, 1.165) is 17.1 Å². The van der Waals surface area contributed by atoms with Crippen molar-refractivity contribution in [2.75, 3.05) is 26.9 Å². The van der Waals surface area contributed by atoms with Crippen molar-refractivity contribution in [3.63, 3.8) is 0 Å². The fourth-order valence-electron chi connectivity index (χ4n) is 2.88. The molecule has 0 radical (unpaired) electrons. The molecule has 0 amide bonds. The van der Waals surface area contributed by atoms with Gasteiger partial charge in [-0.05, 0) is 36.8 Å². The van der Waals surface area contributed by atoms with Crippen molar-refractivity contribution in [1.82, 2.24) is 9.55 Å². The first kappa shape index (κ1) is 19.6. The van der Waals surface area contributed by atoms with Crippen LogP contribution in [0.5, 0.6) is 11.5 Å². The van der Waals surface area contributed by atoms with Crippen LogP contribution < -0.4 is 15.0 Å². The van der Waals surface area contributed by atoms with E-state index in [0.29, 0.717) is 43.7 Å². The summed E-state index contributed by atoms with van der Waals surface area (Å²) in [5, 5.41) is 0.614. The number of ether oxygens (including phenoxy) is 3. The van der Waals surface area contributed by atoms with Crippen LogP contribution in [-0.4, -0.2) is 36.5 Å². The lowest BCUT2D eigenvalue weighted by Crippen LogP contribution is -2.23. The number of para-hydroxylation sites is 1. The third-order valence-electron chi connectivity index (χ3n) is 4.33. The number of nitrogens with zero attached hydrogens (tertiary/aromatic N) is 2. The lowest BCUT2D eigenvalue weighted by atomic mass is 10.1. The molecule has 2 aromatic carbocycles. The summed E-state index contributed by atoms with van der Waals surface area (Å²) in [4.78, 5) is 16.7. The summed E-state index contributed by atoms with van der Waals surface area (Å²) in [5.41, 5.74) is 1.66. The minimum atomic E-state index is -0.0576. The van der Waals surface area contributed by atoms with Gasteiger partial charge in [-0.25, -0.2) is 4.98 Å². The van der Waals surface area contributed by atoms with Crippen LogP contribution in [0.4, 0.5) is 0 Å². The Morgan fingerprint density at radius 2 is 2.00 bits per heavy atom. The molecule has 0 aliphatic heterocycles. The average Bonchev–Trinajstić information content (AvgIpc) is 2.73. The molecule has 3 rings (SSSR count). The van der Waals surface area contributed by atoms with E-state index in [1.807, 2.05) is 42.5 Å². The maximum Gasteiger partial charge on any atom is 0.261 e. The van der Waals surface area contributed by atoms with Crippen molar-refractivity contribution in [2.45, 2.75) is 13.0 Å². The van der Waals surface area contributed by atoms with Gasteiger partial charge in [0.1, 0.15) is 18.1 Å². The second kappa shape index (κ2) is 9.71. The van der Waals surface area contributed by atoms with Gasteiger partial charge in [-0.1, -0.05) is 18.2 Å². The SMILES string of the molecule is C=CCc1cc(OC)ccc1OCCOCCn1cnc2ccccc2c1=O. The van der Waals surface area contributed by atoms with E-state index >= 15 is 0 Å². The number of allylic oxidation sites excluding steroid dienone is 1. The van der Waals surface area contributed by atoms with E-state index < -0.39 is 0 Å². The van der Waals surface area contributed by atoms with Crippen LogP contribution in [0.3, 0.4) is 0 Å². The van der Waals surface area contributed by atoms with Crippen LogP contribution in [0.2, 0.25) is 0 Å². The summed E-state index contributed by atoms with van der Waals surface area (Å²) in [6, 6.07) is 13.0. The number of methoxy groups -OCH3 is 1. The minimum Gasteiger partial charge on any atom is -0.497 e. The molecule has 0 saturated carbocycles. The van der Waals surface area contributed by atoms with E-state index in [1.165, 1.54) is 0 Å². The summed E-state index contributed by atoms with van der Waals surface area (Å²) in [6.07, 6.45) is 4.09. The molecule has 28 heavy (non-hydrogen) atoms. The molecule has 6 heteroatoms. The fourth-order valence-corrected chi connectivity index (χ4v) is 2.88. The second-order valence-electron chi connectivity index (χ2n) is 6.19. The Balaban J connectivity index is 1.47. The Bertz CT molecular complexity index is 997. The minimum absolute atomic E-state index is 0.0576. The monoisotopic (exact) mass is 380 g/mol. The Kier molecular flexibility index (Phi) is 6.81. The van der Waals surface area contributed by atoms with Gasteiger partial charge in [0, 0.05) is 5.56 Å². The highest BCUT2D eigenvalue weighted by atomic mass is 16.5. The molecule has 0 saturated heterocycles. The lowest BCUT2D eigenvalue weighted by molar-refractivity contribution is 0.0935. The molecule has 0 bridgehead atoms. The van der Waals surface area contributed by atoms with Gasteiger partial charge in [0.25, 0.3) is 5.56 Å². The Morgan fingerprint density at radius 1 is 1.14 bits per heavy atom. The van der Waals surface area contributed by atoms with Crippen molar-refractivity contribution < 1.29 is 14.2 Å². The van der Waals surface area contributed by atoms with Gasteiger partial charge in [-0.15, -0.1) is 6.58 Å². The molecule has 3 aromatic rings. The van der Waals surface area contributed by atoms with E-state index in [9.17, 15) is 4.79 Å². The number of benzene rings is 2. The number of hydrogen-bond donors (Lipinski definition) is 0. The zero-order chi connectivity index (χ0) is 19.8. The van der Waals surface area contributed by atoms with E-state index in [1.54, 1.807) is 24.1 Å². The van der Waals surface area contributed by atoms with Crippen LogP contribution in [0.25, 0.3) is 10.9 Å². The molecule has 0 aliphatic carbocycles. The van der Waals surface area contributed by atoms with E-state index in [2.05, 4.69) is 11.6 Å². The van der Waals surface area contributed by atoms with Crippen molar-refractivity contribution in [1.29, 1.82) is 0 Å². The summed E-state index contributed by atoms with van der Waals surface area (Å²) in [7, 11) is 1.64. The molecule has 0 fully saturated rings. The smallest absolute Gasteiger partial charge is 0.261 e. The molecule has 1 heterocycles. The molecule has 0 atom stereocenters. The summed E-state index contributed by atoms with van der Waals surface area (Å²) < 4.78 is 18.2. The quantitative estimate of drug-likeness (QED) is 0.399. The summed E-state index contributed by atoms with van der Waals surface area (Å²) in [5.74, 6) is 1.58. The molecule has 6 nitrogen and oxygen atoms in total. The Labute approximate surface area is 164 Å². The summed E-state index contributed by atoms with van der Waals surface area (Å²) >= 11 is 0. The molecule has 1 aromatic heterocycles. The van der Waals surface area contributed by atoms with Crippen molar-refractivity contribution in [3.05, 3.63) is 77.4 Å². The van der Waals surface area contributed by atoms with Crippen LogP contribution in [0, 0.1) is 0 Å². The van der Waals surface area contributed by atoms with Gasteiger partial charge in [-0.2, -0.15) is 0 Å². The maximum atomic E-state index is 12.4. The largest absolute Gasteiger partial charge is 0.497 e. The molecule has 0 spiro atoms. The zero-order valence-corrected chi connectivity index (χ0v) is 16.0. The van der Waals surface area contributed by atoms with E-state index in [4.69, 9.17) is 14.2 Å². The number of hydrogen-bond acceptors (Lipinski definition) is 5. The Hall–Kier alpha value is -3.12. The number of aromatic nitrogens is 2. The fraction of sp³-hybridized carbons (Fsp3) is 0.273. The van der Waals surface area contributed by atoms with Crippen molar-refractivity contribution in [2.24, 2.45) is 0 Å². The first-order valence-electron chi connectivity index (χ1n) is 9.15. The average molecular weight is 380 g/mol. The molecular formula is C22H24N2O4. The van der Waals surface area contributed by atoms with Gasteiger partial charge < -0.3 is 14.2 Å². The summed E-state index contributed by atoms with van der Waals surface area (Å²) in [6.45, 7) is 5.47. The van der Waals surface area contributed by atoms with Gasteiger partial charge >= 0.3 is 0 Å². The standard InChI is InChI=1S/C22H24N2O4/c1-3-6-17-15-18(26-2)9-10-21(17)28-14-13-27-12-11-24-16-23-20-8-5-4-7-19(20)22(24)25/h3-5,7-10,15-16H,1,6,11-14H2,2H3. The van der Waals surface area contributed by atoms with Crippen LogP contribution in [-0.2, 0) is 17.7 Å². The van der Waals surface area contributed by atoms with Crippen molar-refractivity contribution >= 4 is 10.9 Å². The van der Waals surface area contributed by atoms with Crippen molar-refractivity contribution in [3.8, 4) is 11.5 Å². The van der Waals surface area contributed by atoms with Gasteiger partial charge in [0.05, 0.1) is 44.1 Å². The first-order chi connectivity index (χ1) is 13.7. The van der Waals surface area contributed by atoms with Gasteiger partial charge in [0.2, 0.25) is 0 Å². The molecule has 0 aliphatic rings. The third kappa shape index (κ3) is 4.78. The molecule has 0 unspecified atom stereocenters. The first-order valence-corrected chi connectivity index (χ1v) is 9.15. The van der Waals surface area contributed by atoms with Gasteiger partial charge in [-0.3, -0.25) is 9.36 Å². The third-order valence-corrected chi connectivity index (χ3v) is 4.33. The number of rotatable bonds is 10. The molecule has 0 N–H and O–H groups in total. The molecule has 146 valence electrons.